The van der Waals surface area contributed by atoms with E-state index in [1.165, 1.54) is 17.1 Å². The van der Waals surface area contributed by atoms with Gasteiger partial charge in [0.05, 0.1) is 14.2 Å². The second-order valence-electron chi connectivity index (χ2n) is 6.67. The van der Waals surface area contributed by atoms with Crippen LogP contribution in [0.3, 0.4) is 0 Å². The fraction of sp³-hybridized carbons (Fsp3) is 0.556. The van der Waals surface area contributed by atoms with Gasteiger partial charge < -0.3 is 14.4 Å². The van der Waals surface area contributed by atoms with E-state index >= 15 is 0 Å². The summed E-state index contributed by atoms with van der Waals surface area (Å²) in [6.45, 7) is 6.37. The molecule has 0 aliphatic carbocycles. The maximum atomic E-state index is 5.39. The summed E-state index contributed by atoms with van der Waals surface area (Å²) in [5.74, 6) is 3.71. The van der Waals surface area contributed by atoms with E-state index in [-0.39, 0.29) is 0 Å². The Morgan fingerprint density at radius 3 is 2.54 bits per heavy atom. The zero-order valence-corrected chi connectivity index (χ0v) is 15.6. The Hall–Kier alpha value is -1.82. The molecule has 3 rings (SSSR count). The summed E-state index contributed by atoms with van der Waals surface area (Å²) in [5.41, 5.74) is 1.26. The highest BCUT2D eigenvalue weighted by Gasteiger charge is 2.27. The molecule has 24 heavy (non-hydrogen) atoms. The lowest BCUT2D eigenvalue weighted by Crippen LogP contribution is -2.19. The second kappa shape index (κ2) is 7.38. The average Bonchev–Trinajstić information content (AvgIpc) is 3.22. The molecule has 0 radical (unpaired) electrons. The van der Waals surface area contributed by atoms with Crippen LogP contribution >= 0.6 is 11.5 Å². The van der Waals surface area contributed by atoms with E-state index < -0.39 is 0 Å². The molecule has 1 saturated heterocycles. The summed E-state index contributed by atoms with van der Waals surface area (Å²) in [5, 5.41) is 1.04. The fourth-order valence-corrected chi connectivity index (χ4v) is 3.82. The number of ether oxygens (including phenoxy) is 2. The normalized spacial score (nSPS) is 17.5. The first-order valence-electron chi connectivity index (χ1n) is 8.39. The van der Waals surface area contributed by atoms with Crippen LogP contribution in [0, 0.1) is 5.92 Å². The van der Waals surface area contributed by atoms with Crippen molar-refractivity contribution in [1.29, 1.82) is 0 Å². The van der Waals surface area contributed by atoms with E-state index in [9.17, 15) is 0 Å². The van der Waals surface area contributed by atoms with E-state index in [2.05, 4.69) is 35.3 Å². The Morgan fingerprint density at radius 2 is 1.92 bits per heavy atom. The van der Waals surface area contributed by atoms with Crippen molar-refractivity contribution in [2.24, 2.45) is 5.92 Å². The minimum absolute atomic E-state index is 0.464. The lowest BCUT2D eigenvalue weighted by atomic mass is 9.98. The van der Waals surface area contributed by atoms with Gasteiger partial charge in [0, 0.05) is 43.0 Å². The molecule has 1 unspecified atom stereocenters. The minimum atomic E-state index is 0.464. The first-order chi connectivity index (χ1) is 11.6. The molecular weight excluding hydrogens is 322 g/mol. The van der Waals surface area contributed by atoms with Crippen LogP contribution in [-0.4, -0.2) is 36.7 Å². The summed E-state index contributed by atoms with van der Waals surface area (Å²) in [6.07, 6.45) is 2.05. The van der Waals surface area contributed by atoms with Crippen molar-refractivity contribution in [2.75, 3.05) is 32.2 Å². The summed E-state index contributed by atoms with van der Waals surface area (Å²) < 4.78 is 15.3. The molecule has 1 aliphatic rings. The summed E-state index contributed by atoms with van der Waals surface area (Å²) >= 11 is 1.52. The van der Waals surface area contributed by atoms with Gasteiger partial charge >= 0.3 is 0 Å². The summed E-state index contributed by atoms with van der Waals surface area (Å²) in [4.78, 5) is 7.06. The number of methoxy groups -OCH3 is 2. The van der Waals surface area contributed by atoms with Crippen LogP contribution in [0.4, 0.5) is 5.13 Å². The van der Waals surface area contributed by atoms with E-state index in [4.69, 9.17) is 14.5 Å². The van der Waals surface area contributed by atoms with Crippen LogP contribution in [-0.2, 0) is 6.42 Å². The minimum Gasteiger partial charge on any atom is -0.497 e. The highest BCUT2D eigenvalue weighted by atomic mass is 32.1. The van der Waals surface area contributed by atoms with Gasteiger partial charge in [-0.1, -0.05) is 13.8 Å². The van der Waals surface area contributed by atoms with Gasteiger partial charge in [-0.15, -0.1) is 0 Å². The Bertz CT molecular complexity index is 664. The number of anilines is 1. The van der Waals surface area contributed by atoms with Crippen molar-refractivity contribution in [3.05, 3.63) is 29.6 Å². The molecule has 0 bridgehead atoms. The first-order valence-corrected chi connectivity index (χ1v) is 9.17. The fourth-order valence-electron chi connectivity index (χ4n) is 3.09. The molecule has 1 aromatic carbocycles. The van der Waals surface area contributed by atoms with Crippen molar-refractivity contribution >= 4 is 16.7 Å². The zero-order valence-electron chi connectivity index (χ0n) is 14.8. The van der Waals surface area contributed by atoms with Gasteiger partial charge in [0.25, 0.3) is 0 Å². The van der Waals surface area contributed by atoms with Crippen LogP contribution in [0.1, 0.15) is 37.6 Å². The van der Waals surface area contributed by atoms with Gasteiger partial charge in [-0.05, 0) is 30.0 Å². The van der Waals surface area contributed by atoms with Gasteiger partial charge in [-0.2, -0.15) is 4.37 Å². The number of benzene rings is 1. The smallest absolute Gasteiger partial charge is 0.205 e. The molecule has 2 heterocycles. The highest BCUT2D eigenvalue weighted by molar-refractivity contribution is 7.09. The molecule has 1 aromatic heterocycles. The highest BCUT2D eigenvalue weighted by Crippen LogP contribution is 2.35. The van der Waals surface area contributed by atoms with Crippen molar-refractivity contribution in [1.82, 2.24) is 9.36 Å². The molecular formula is C18H25N3O2S. The number of hydrogen-bond donors (Lipinski definition) is 0. The molecule has 1 fully saturated rings. The topological polar surface area (TPSA) is 47.5 Å². The maximum absolute atomic E-state index is 5.39. The van der Waals surface area contributed by atoms with Crippen molar-refractivity contribution in [3.8, 4) is 11.5 Å². The molecule has 0 amide bonds. The summed E-state index contributed by atoms with van der Waals surface area (Å²) in [6, 6.07) is 6.14. The van der Waals surface area contributed by atoms with Gasteiger partial charge in [0.1, 0.15) is 17.3 Å². The maximum Gasteiger partial charge on any atom is 0.205 e. The van der Waals surface area contributed by atoms with Crippen LogP contribution < -0.4 is 14.4 Å². The second-order valence-corrected chi connectivity index (χ2v) is 7.40. The van der Waals surface area contributed by atoms with Crippen molar-refractivity contribution < 1.29 is 9.47 Å². The van der Waals surface area contributed by atoms with E-state index in [1.54, 1.807) is 14.2 Å². The first kappa shape index (κ1) is 17.0. The predicted octanol–water partition coefficient (Wildman–Crippen LogP) is 3.75. The van der Waals surface area contributed by atoms with Gasteiger partial charge in [-0.25, -0.2) is 4.98 Å². The molecule has 6 heteroatoms. The quantitative estimate of drug-likeness (QED) is 0.796. The third-order valence-corrected chi connectivity index (χ3v) is 5.17. The molecule has 130 valence electrons. The van der Waals surface area contributed by atoms with Gasteiger partial charge in [0.2, 0.25) is 5.13 Å². The molecule has 1 aliphatic heterocycles. The molecule has 0 spiro atoms. The van der Waals surface area contributed by atoms with E-state index in [0.717, 1.165) is 48.4 Å². The lowest BCUT2D eigenvalue weighted by Gasteiger charge is -2.16. The largest absolute Gasteiger partial charge is 0.497 e. The SMILES string of the molecule is COc1cc(OC)cc(C2CCN(c3nc(CC(C)C)ns3)C2)c1. The van der Waals surface area contributed by atoms with Crippen LogP contribution in [0.25, 0.3) is 0 Å². The van der Waals surface area contributed by atoms with Crippen LogP contribution in [0.15, 0.2) is 18.2 Å². The van der Waals surface area contributed by atoms with E-state index in [0.29, 0.717) is 11.8 Å². The molecule has 2 aromatic rings. The summed E-state index contributed by atoms with van der Waals surface area (Å²) in [7, 11) is 3.38. The predicted molar refractivity (Wildman–Crippen MR) is 97.6 cm³/mol. The molecule has 0 N–H and O–H groups in total. The number of hydrogen-bond acceptors (Lipinski definition) is 6. The zero-order chi connectivity index (χ0) is 17.1. The number of nitrogens with zero attached hydrogens (tertiary/aromatic N) is 3. The van der Waals surface area contributed by atoms with Gasteiger partial charge in [0.15, 0.2) is 0 Å². The number of rotatable bonds is 6. The van der Waals surface area contributed by atoms with Gasteiger partial charge in [-0.3, -0.25) is 0 Å². The van der Waals surface area contributed by atoms with Crippen molar-refractivity contribution in [2.45, 2.75) is 32.6 Å². The third-order valence-electron chi connectivity index (χ3n) is 4.35. The molecule has 0 saturated carbocycles. The average molecular weight is 347 g/mol. The molecule has 1 atom stereocenters. The Labute approximate surface area is 147 Å². The Morgan fingerprint density at radius 1 is 1.21 bits per heavy atom. The van der Waals surface area contributed by atoms with Crippen molar-refractivity contribution in [3.63, 3.8) is 0 Å². The lowest BCUT2D eigenvalue weighted by molar-refractivity contribution is 0.393. The monoisotopic (exact) mass is 347 g/mol. The standard InChI is InChI=1S/C18H25N3O2S/c1-12(2)7-17-19-18(24-20-17)21-6-5-13(11-21)14-8-15(22-3)10-16(9-14)23-4/h8-10,12-13H,5-7,11H2,1-4H3. The van der Waals surface area contributed by atoms with E-state index in [1.807, 2.05) is 6.07 Å². The van der Waals surface area contributed by atoms with Crippen LogP contribution in [0.5, 0.6) is 11.5 Å². The molecule has 5 nitrogen and oxygen atoms in total. The Balaban J connectivity index is 1.72. The third kappa shape index (κ3) is 3.80. The Kier molecular flexibility index (Phi) is 5.23. The van der Waals surface area contributed by atoms with Crippen LogP contribution in [0.2, 0.25) is 0 Å². The number of aromatic nitrogens is 2.